The molecule has 0 heterocycles. The smallest absolute Gasteiger partial charge is 0.167 e. The molecule has 21 heavy (non-hydrogen) atoms. The van der Waals surface area contributed by atoms with Crippen molar-refractivity contribution in [2.24, 2.45) is 5.41 Å². The molecule has 0 spiro atoms. The standard InChI is InChI=1S/C17H27FN2O/c1-4-9-21-16-11-15(14(19)10-13(16)18)20-12-5-7-17(2,3)8-6-12/h10-12,20H,4-9,19H2,1-3H3. The van der Waals surface area contributed by atoms with Crippen LogP contribution >= 0.6 is 0 Å². The maximum absolute atomic E-state index is 13.8. The number of rotatable bonds is 5. The van der Waals surface area contributed by atoms with E-state index >= 15 is 0 Å². The Hall–Kier alpha value is -1.45. The van der Waals surface area contributed by atoms with Crippen molar-refractivity contribution in [1.82, 2.24) is 0 Å². The van der Waals surface area contributed by atoms with Crippen molar-refractivity contribution >= 4 is 11.4 Å². The SMILES string of the molecule is CCCOc1cc(NC2CCC(C)(C)CC2)c(N)cc1F. The molecule has 0 amide bonds. The fourth-order valence-electron chi connectivity index (χ4n) is 2.78. The van der Waals surface area contributed by atoms with E-state index in [9.17, 15) is 4.39 Å². The van der Waals surface area contributed by atoms with Gasteiger partial charge in [0.1, 0.15) is 0 Å². The molecular formula is C17H27FN2O. The molecule has 118 valence electrons. The molecule has 4 heteroatoms. The molecule has 3 N–H and O–H groups in total. The first kappa shape index (κ1) is 15.9. The fourth-order valence-corrected chi connectivity index (χ4v) is 2.78. The summed E-state index contributed by atoms with van der Waals surface area (Å²) in [6, 6.07) is 3.45. The first-order chi connectivity index (χ1) is 9.91. The van der Waals surface area contributed by atoms with Gasteiger partial charge in [0.05, 0.1) is 18.0 Å². The number of benzene rings is 1. The number of halogens is 1. The number of nitrogen functional groups attached to an aromatic ring is 1. The average Bonchev–Trinajstić information content (AvgIpc) is 2.42. The summed E-state index contributed by atoms with van der Waals surface area (Å²) in [5, 5.41) is 3.46. The summed E-state index contributed by atoms with van der Waals surface area (Å²) >= 11 is 0. The second-order valence-electron chi connectivity index (χ2n) is 6.80. The highest BCUT2D eigenvalue weighted by Crippen LogP contribution is 2.37. The van der Waals surface area contributed by atoms with Crippen LogP contribution in [0.5, 0.6) is 5.75 Å². The zero-order valence-corrected chi connectivity index (χ0v) is 13.3. The van der Waals surface area contributed by atoms with Crippen molar-refractivity contribution in [3.63, 3.8) is 0 Å². The lowest BCUT2D eigenvalue weighted by molar-refractivity contribution is 0.232. The van der Waals surface area contributed by atoms with Crippen LogP contribution in [0.15, 0.2) is 12.1 Å². The van der Waals surface area contributed by atoms with Gasteiger partial charge >= 0.3 is 0 Å². The summed E-state index contributed by atoms with van der Waals surface area (Å²) in [5.41, 5.74) is 7.59. The van der Waals surface area contributed by atoms with Gasteiger partial charge in [-0.15, -0.1) is 0 Å². The molecule has 0 aromatic heterocycles. The van der Waals surface area contributed by atoms with Crippen molar-refractivity contribution in [1.29, 1.82) is 0 Å². The molecule has 0 bridgehead atoms. The highest BCUT2D eigenvalue weighted by Gasteiger charge is 2.27. The van der Waals surface area contributed by atoms with Crippen LogP contribution in [0.2, 0.25) is 0 Å². The predicted octanol–water partition coefficient (Wildman–Crippen LogP) is 4.58. The van der Waals surface area contributed by atoms with Gasteiger partial charge in [-0.3, -0.25) is 0 Å². The van der Waals surface area contributed by atoms with Gasteiger partial charge in [0.2, 0.25) is 0 Å². The van der Waals surface area contributed by atoms with Crippen LogP contribution in [0.4, 0.5) is 15.8 Å². The van der Waals surface area contributed by atoms with Gasteiger partial charge in [-0.2, -0.15) is 0 Å². The van der Waals surface area contributed by atoms with E-state index in [2.05, 4.69) is 19.2 Å². The van der Waals surface area contributed by atoms with Gasteiger partial charge in [-0.1, -0.05) is 20.8 Å². The van der Waals surface area contributed by atoms with E-state index in [1.54, 1.807) is 6.07 Å². The van der Waals surface area contributed by atoms with Gasteiger partial charge in [-0.25, -0.2) is 4.39 Å². The van der Waals surface area contributed by atoms with Crippen LogP contribution < -0.4 is 15.8 Å². The Morgan fingerprint density at radius 2 is 2.00 bits per heavy atom. The molecule has 1 aromatic carbocycles. The summed E-state index contributed by atoms with van der Waals surface area (Å²) in [6.07, 6.45) is 5.49. The minimum atomic E-state index is -0.392. The van der Waals surface area contributed by atoms with E-state index in [0.29, 0.717) is 23.8 Å². The number of anilines is 2. The average molecular weight is 294 g/mol. The molecule has 1 fully saturated rings. The summed E-state index contributed by atoms with van der Waals surface area (Å²) < 4.78 is 19.2. The fraction of sp³-hybridized carbons (Fsp3) is 0.647. The molecule has 0 atom stereocenters. The lowest BCUT2D eigenvalue weighted by Gasteiger charge is -2.35. The van der Waals surface area contributed by atoms with E-state index in [4.69, 9.17) is 10.5 Å². The first-order valence-corrected chi connectivity index (χ1v) is 7.89. The van der Waals surface area contributed by atoms with E-state index in [1.807, 2.05) is 6.92 Å². The molecule has 1 aliphatic rings. The molecule has 0 saturated heterocycles. The number of nitrogens with one attached hydrogen (secondary N) is 1. The Balaban J connectivity index is 2.05. The summed E-state index contributed by atoms with van der Waals surface area (Å²) in [7, 11) is 0. The monoisotopic (exact) mass is 294 g/mol. The van der Waals surface area contributed by atoms with Crippen molar-refractivity contribution in [2.45, 2.75) is 58.9 Å². The van der Waals surface area contributed by atoms with Crippen LogP contribution in [0.25, 0.3) is 0 Å². The van der Waals surface area contributed by atoms with Crippen LogP contribution in [0.3, 0.4) is 0 Å². The molecule has 1 aromatic rings. The zero-order chi connectivity index (χ0) is 15.5. The third kappa shape index (κ3) is 4.26. The normalized spacial score (nSPS) is 18.5. The number of hydrogen-bond acceptors (Lipinski definition) is 3. The van der Waals surface area contributed by atoms with E-state index < -0.39 is 5.82 Å². The summed E-state index contributed by atoms with van der Waals surface area (Å²) in [5.74, 6) is -0.110. The molecule has 2 rings (SSSR count). The van der Waals surface area contributed by atoms with Crippen molar-refractivity contribution in [3.05, 3.63) is 17.9 Å². The molecule has 0 radical (unpaired) electrons. The molecule has 1 saturated carbocycles. The topological polar surface area (TPSA) is 47.3 Å². The van der Waals surface area contributed by atoms with Gasteiger partial charge in [0, 0.05) is 18.2 Å². The van der Waals surface area contributed by atoms with Gasteiger partial charge in [0.15, 0.2) is 11.6 Å². The van der Waals surface area contributed by atoms with Crippen LogP contribution in [0.1, 0.15) is 52.9 Å². The number of nitrogens with two attached hydrogens (primary N) is 1. The molecule has 0 aliphatic heterocycles. The maximum atomic E-state index is 13.8. The molecule has 1 aliphatic carbocycles. The number of ether oxygens (including phenoxy) is 1. The molecule has 0 unspecified atom stereocenters. The first-order valence-electron chi connectivity index (χ1n) is 7.89. The van der Waals surface area contributed by atoms with Crippen LogP contribution in [-0.4, -0.2) is 12.6 Å². The Labute approximate surface area is 127 Å². The second kappa shape index (κ2) is 6.54. The largest absolute Gasteiger partial charge is 0.490 e. The zero-order valence-electron chi connectivity index (χ0n) is 13.3. The lowest BCUT2D eigenvalue weighted by atomic mass is 9.75. The van der Waals surface area contributed by atoms with E-state index in [-0.39, 0.29) is 5.75 Å². The quantitative estimate of drug-likeness (QED) is 0.782. The Bertz CT molecular complexity index is 478. The van der Waals surface area contributed by atoms with Crippen molar-refractivity contribution in [2.75, 3.05) is 17.7 Å². The van der Waals surface area contributed by atoms with Crippen molar-refractivity contribution < 1.29 is 9.13 Å². The van der Waals surface area contributed by atoms with E-state index in [1.165, 1.54) is 18.9 Å². The third-order valence-electron chi connectivity index (χ3n) is 4.26. The highest BCUT2D eigenvalue weighted by molar-refractivity contribution is 5.69. The van der Waals surface area contributed by atoms with Crippen molar-refractivity contribution in [3.8, 4) is 5.75 Å². The van der Waals surface area contributed by atoms with Gasteiger partial charge < -0.3 is 15.8 Å². The van der Waals surface area contributed by atoms with Crippen LogP contribution in [-0.2, 0) is 0 Å². The molecule has 3 nitrogen and oxygen atoms in total. The number of hydrogen-bond donors (Lipinski definition) is 2. The summed E-state index contributed by atoms with van der Waals surface area (Å²) in [6.45, 7) is 7.13. The van der Waals surface area contributed by atoms with Gasteiger partial charge in [-0.05, 0) is 37.5 Å². The maximum Gasteiger partial charge on any atom is 0.167 e. The summed E-state index contributed by atoms with van der Waals surface area (Å²) in [4.78, 5) is 0. The minimum Gasteiger partial charge on any atom is -0.490 e. The second-order valence-corrected chi connectivity index (χ2v) is 6.80. The Kier molecular flexibility index (Phi) is 4.96. The molecular weight excluding hydrogens is 267 g/mol. The Morgan fingerprint density at radius 1 is 1.33 bits per heavy atom. The van der Waals surface area contributed by atoms with E-state index in [0.717, 1.165) is 24.9 Å². The van der Waals surface area contributed by atoms with Crippen LogP contribution in [0, 0.1) is 11.2 Å². The lowest BCUT2D eigenvalue weighted by Crippen LogP contribution is -2.30. The predicted molar refractivity (Wildman–Crippen MR) is 86.3 cm³/mol. The Morgan fingerprint density at radius 3 is 2.62 bits per heavy atom. The van der Waals surface area contributed by atoms with Gasteiger partial charge in [0.25, 0.3) is 0 Å². The highest BCUT2D eigenvalue weighted by atomic mass is 19.1. The minimum absolute atomic E-state index is 0.282. The third-order valence-corrected chi connectivity index (χ3v) is 4.26.